The standard InChI is InChI=1S/C17H11NO3S2/c19-13(14-2-1-9-22-14)8-7-11-3-5-12(6-4-11)10-15-16(20)18-17(21)23-15/h1-10H,(H,18,20,21)/b8-7+,15-10-. The predicted molar refractivity (Wildman–Crippen MR) is 93.2 cm³/mol. The van der Waals surface area contributed by atoms with Gasteiger partial charge in [-0.2, -0.15) is 0 Å². The normalized spacial score (nSPS) is 16.3. The van der Waals surface area contributed by atoms with Crippen molar-refractivity contribution in [1.82, 2.24) is 5.32 Å². The molecule has 0 aliphatic carbocycles. The molecule has 2 amide bonds. The van der Waals surface area contributed by atoms with E-state index in [1.54, 1.807) is 18.2 Å². The van der Waals surface area contributed by atoms with Crippen molar-refractivity contribution < 1.29 is 14.4 Å². The summed E-state index contributed by atoms with van der Waals surface area (Å²) in [7, 11) is 0. The lowest BCUT2D eigenvalue weighted by atomic mass is 10.1. The molecular weight excluding hydrogens is 330 g/mol. The Morgan fingerprint density at radius 3 is 2.39 bits per heavy atom. The zero-order chi connectivity index (χ0) is 16.2. The summed E-state index contributed by atoms with van der Waals surface area (Å²) in [5.74, 6) is -0.394. The monoisotopic (exact) mass is 341 g/mol. The van der Waals surface area contributed by atoms with Gasteiger partial charge in [-0.05, 0) is 46.5 Å². The first-order valence-corrected chi connectivity index (χ1v) is 8.42. The Bertz CT molecular complexity index is 818. The first-order chi connectivity index (χ1) is 11.1. The summed E-state index contributed by atoms with van der Waals surface area (Å²) >= 11 is 2.30. The third-order valence-corrected chi connectivity index (χ3v) is 4.76. The van der Waals surface area contributed by atoms with Gasteiger partial charge in [-0.3, -0.25) is 19.7 Å². The van der Waals surface area contributed by atoms with Gasteiger partial charge in [0.1, 0.15) is 0 Å². The minimum Gasteiger partial charge on any atom is -0.288 e. The van der Waals surface area contributed by atoms with Crippen molar-refractivity contribution in [2.75, 3.05) is 0 Å². The minimum absolute atomic E-state index is 0.0243. The molecule has 1 fully saturated rings. The van der Waals surface area contributed by atoms with E-state index in [0.717, 1.165) is 22.9 Å². The Morgan fingerprint density at radius 1 is 1.04 bits per heavy atom. The second-order valence-corrected chi connectivity index (χ2v) is 6.66. The van der Waals surface area contributed by atoms with E-state index in [-0.39, 0.29) is 16.9 Å². The summed E-state index contributed by atoms with van der Waals surface area (Å²) in [6.07, 6.45) is 4.95. The molecule has 0 spiro atoms. The van der Waals surface area contributed by atoms with E-state index >= 15 is 0 Å². The number of nitrogens with one attached hydrogen (secondary N) is 1. The molecule has 0 atom stereocenters. The quantitative estimate of drug-likeness (QED) is 0.675. The van der Waals surface area contributed by atoms with Crippen LogP contribution in [0.5, 0.6) is 0 Å². The molecule has 0 radical (unpaired) electrons. The van der Waals surface area contributed by atoms with Gasteiger partial charge in [-0.25, -0.2) is 0 Å². The van der Waals surface area contributed by atoms with E-state index < -0.39 is 0 Å². The van der Waals surface area contributed by atoms with Gasteiger partial charge in [-0.1, -0.05) is 36.4 Å². The Morgan fingerprint density at radius 2 is 1.78 bits per heavy atom. The number of hydrogen-bond acceptors (Lipinski definition) is 5. The van der Waals surface area contributed by atoms with Crippen LogP contribution in [-0.4, -0.2) is 16.9 Å². The zero-order valence-electron chi connectivity index (χ0n) is 11.8. The van der Waals surface area contributed by atoms with E-state index in [0.29, 0.717) is 9.78 Å². The van der Waals surface area contributed by atoms with Gasteiger partial charge >= 0.3 is 0 Å². The van der Waals surface area contributed by atoms with Gasteiger partial charge in [0.15, 0.2) is 5.78 Å². The van der Waals surface area contributed by atoms with Crippen molar-refractivity contribution >= 4 is 52.2 Å². The number of amides is 2. The fraction of sp³-hybridized carbons (Fsp3) is 0. The molecule has 1 aromatic heterocycles. The minimum atomic E-state index is -0.370. The number of thioether (sulfide) groups is 1. The van der Waals surface area contributed by atoms with Gasteiger partial charge in [0.25, 0.3) is 11.1 Å². The van der Waals surface area contributed by atoms with Crippen LogP contribution in [0.25, 0.3) is 12.2 Å². The Hall–Kier alpha value is -2.44. The molecule has 1 aliphatic rings. The number of hydrogen-bond donors (Lipinski definition) is 1. The molecule has 2 heterocycles. The van der Waals surface area contributed by atoms with Crippen molar-refractivity contribution in [1.29, 1.82) is 0 Å². The number of ketones is 1. The lowest BCUT2D eigenvalue weighted by Gasteiger charge is -1.97. The van der Waals surface area contributed by atoms with Crippen LogP contribution in [0.1, 0.15) is 20.8 Å². The first-order valence-electron chi connectivity index (χ1n) is 6.73. The smallest absolute Gasteiger partial charge is 0.288 e. The average Bonchev–Trinajstić information content (AvgIpc) is 3.17. The summed E-state index contributed by atoms with van der Waals surface area (Å²) in [4.78, 5) is 35.5. The second kappa shape index (κ2) is 6.76. The van der Waals surface area contributed by atoms with Crippen LogP contribution >= 0.6 is 23.1 Å². The van der Waals surface area contributed by atoms with E-state index in [1.165, 1.54) is 17.4 Å². The second-order valence-electron chi connectivity index (χ2n) is 4.69. The Balaban J connectivity index is 1.70. The summed E-state index contributed by atoms with van der Waals surface area (Å²) in [6, 6.07) is 11.0. The largest absolute Gasteiger partial charge is 0.290 e. The number of benzene rings is 1. The summed E-state index contributed by atoms with van der Waals surface area (Å²) in [6.45, 7) is 0. The number of thiophene rings is 1. The van der Waals surface area contributed by atoms with E-state index in [1.807, 2.05) is 35.7 Å². The predicted octanol–water partition coefficient (Wildman–Crippen LogP) is 3.97. The molecule has 1 aromatic carbocycles. The van der Waals surface area contributed by atoms with Crippen LogP contribution in [-0.2, 0) is 4.79 Å². The highest BCUT2D eigenvalue weighted by Gasteiger charge is 2.24. The highest BCUT2D eigenvalue weighted by atomic mass is 32.2. The van der Waals surface area contributed by atoms with Gasteiger partial charge in [0, 0.05) is 0 Å². The van der Waals surface area contributed by atoms with Gasteiger partial charge < -0.3 is 0 Å². The highest BCUT2D eigenvalue weighted by molar-refractivity contribution is 8.18. The van der Waals surface area contributed by atoms with E-state index in [2.05, 4.69) is 5.32 Å². The van der Waals surface area contributed by atoms with Gasteiger partial charge in [-0.15, -0.1) is 11.3 Å². The molecule has 1 saturated heterocycles. The highest BCUT2D eigenvalue weighted by Crippen LogP contribution is 2.25. The number of rotatable bonds is 4. The topological polar surface area (TPSA) is 63.2 Å². The molecule has 0 bridgehead atoms. The third kappa shape index (κ3) is 3.85. The fourth-order valence-electron chi connectivity index (χ4n) is 1.95. The molecule has 114 valence electrons. The van der Waals surface area contributed by atoms with Crippen LogP contribution in [0.4, 0.5) is 4.79 Å². The molecule has 1 N–H and O–H groups in total. The molecule has 23 heavy (non-hydrogen) atoms. The van der Waals surface area contributed by atoms with Gasteiger partial charge in [0.2, 0.25) is 0 Å². The first kappa shape index (κ1) is 15.5. The number of allylic oxidation sites excluding steroid dienone is 1. The van der Waals surface area contributed by atoms with Crippen molar-refractivity contribution in [2.24, 2.45) is 0 Å². The summed E-state index contributed by atoms with van der Waals surface area (Å²) < 4.78 is 0. The van der Waals surface area contributed by atoms with E-state index in [9.17, 15) is 14.4 Å². The maximum absolute atomic E-state index is 11.9. The maximum atomic E-state index is 11.9. The molecule has 2 aromatic rings. The SMILES string of the molecule is O=C1NC(=O)/C(=C/c2ccc(/C=C/C(=O)c3cccs3)cc2)S1. The average molecular weight is 341 g/mol. The number of carbonyl (C=O) groups excluding carboxylic acids is 3. The number of carbonyl (C=O) groups is 3. The molecule has 1 aliphatic heterocycles. The third-order valence-electron chi connectivity index (χ3n) is 3.07. The summed E-state index contributed by atoms with van der Waals surface area (Å²) in [5.41, 5.74) is 1.70. The van der Waals surface area contributed by atoms with Crippen LogP contribution in [0.3, 0.4) is 0 Å². The Kier molecular flexibility index (Phi) is 4.55. The Labute approximate surface area is 140 Å². The zero-order valence-corrected chi connectivity index (χ0v) is 13.4. The molecular formula is C17H11NO3S2. The molecule has 6 heteroatoms. The molecule has 4 nitrogen and oxygen atoms in total. The van der Waals surface area contributed by atoms with Crippen LogP contribution in [0.15, 0.2) is 52.8 Å². The fourth-order valence-corrected chi connectivity index (χ4v) is 3.28. The maximum Gasteiger partial charge on any atom is 0.290 e. The summed E-state index contributed by atoms with van der Waals surface area (Å²) in [5, 5.41) is 3.73. The van der Waals surface area contributed by atoms with Crippen molar-refractivity contribution in [3.63, 3.8) is 0 Å². The lowest BCUT2D eigenvalue weighted by molar-refractivity contribution is -0.115. The van der Waals surface area contributed by atoms with Crippen molar-refractivity contribution in [3.8, 4) is 0 Å². The van der Waals surface area contributed by atoms with E-state index in [4.69, 9.17) is 0 Å². The lowest BCUT2D eigenvalue weighted by Crippen LogP contribution is -2.17. The molecule has 3 rings (SSSR count). The van der Waals surface area contributed by atoms with Crippen molar-refractivity contribution in [3.05, 3.63) is 68.8 Å². The van der Waals surface area contributed by atoms with Crippen LogP contribution < -0.4 is 5.32 Å². The van der Waals surface area contributed by atoms with Gasteiger partial charge in [0.05, 0.1) is 9.78 Å². The van der Waals surface area contributed by atoms with Crippen molar-refractivity contribution in [2.45, 2.75) is 0 Å². The van der Waals surface area contributed by atoms with Crippen LogP contribution in [0, 0.1) is 0 Å². The molecule has 0 saturated carbocycles. The number of imide groups is 1. The van der Waals surface area contributed by atoms with Crippen LogP contribution in [0.2, 0.25) is 0 Å². The molecule has 0 unspecified atom stereocenters.